The normalized spacial score (nSPS) is 48.1. The fraction of sp³-hybridized carbons (Fsp3) is 0.667. The van der Waals surface area contributed by atoms with Gasteiger partial charge in [-0.2, -0.15) is 0 Å². The van der Waals surface area contributed by atoms with Crippen molar-refractivity contribution in [2.75, 3.05) is 39.0 Å². The number of esters is 1. The highest BCUT2D eigenvalue weighted by Gasteiger charge is 2.95. The van der Waals surface area contributed by atoms with Gasteiger partial charge < -0.3 is 39.0 Å². The molecule has 3 aliphatic carbocycles. The maximum absolute atomic E-state index is 13.7. The predicted octanol–water partition coefficient (Wildman–Crippen LogP) is -1.14. The fourth-order valence-corrected chi connectivity index (χ4v) is 9.43. The number of benzene rings is 1. The molecule has 3 N–H and O–H groups in total. The van der Waals surface area contributed by atoms with Gasteiger partial charge in [0.1, 0.15) is 11.6 Å². The molecule has 5 aliphatic heterocycles. The van der Waals surface area contributed by atoms with E-state index in [2.05, 4.69) is 4.90 Å². The van der Waals surface area contributed by atoms with Crippen LogP contribution >= 0.6 is 0 Å². The van der Waals surface area contributed by atoms with Crippen LogP contribution in [0.3, 0.4) is 0 Å². The number of piperidine rings is 1. The summed E-state index contributed by atoms with van der Waals surface area (Å²) in [6.45, 7) is 1.08. The number of aliphatic hydroxyl groups is 3. The third kappa shape index (κ3) is 1.73. The first-order valence-electron chi connectivity index (χ1n) is 12.1. The molecular weight excluding hydrogens is 476 g/mol. The van der Waals surface area contributed by atoms with Gasteiger partial charge in [0.05, 0.1) is 43.6 Å². The maximum atomic E-state index is 13.7. The van der Waals surface area contributed by atoms with Crippen molar-refractivity contribution < 1.29 is 48.6 Å². The van der Waals surface area contributed by atoms with E-state index < -0.39 is 58.4 Å². The molecule has 1 amide bonds. The first-order valence-corrected chi connectivity index (χ1v) is 12.1. The number of fused-ring (bicyclic) bond motifs is 6. The lowest BCUT2D eigenvalue weighted by Gasteiger charge is -2.73. The minimum Gasteiger partial charge on any atom is -0.467 e. The number of anilines is 1. The molecule has 36 heavy (non-hydrogen) atoms. The van der Waals surface area contributed by atoms with E-state index in [0.717, 1.165) is 7.11 Å². The number of methoxy groups -OCH3 is 2. The number of carbonyl (C=O) groups excluding carboxylic acids is 2. The molecule has 192 valence electrons. The van der Waals surface area contributed by atoms with Crippen molar-refractivity contribution in [3.05, 3.63) is 17.7 Å². The Morgan fingerprint density at radius 2 is 1.97 bits per heavy atom. The number of aliphatic hydroxyl groups excluding tert-OH is 2. The molecule has 0 radical (unpaired) electrons. The zero-order chi connectivity index (χ0) is 25.0. The van der Waals surface area contributed by atoms with Crippen molar-refractivity contribution in [2.45, 2.75) is 59.9 Å². The molecule has 3 saturated heterocycles. The Balaban J connectivity index is 1.54. The Kier molecular flexibility index (Phi) is 3.62. The second-order valence-electron chi connectivity index (χ2n) is 11.0. The van der Waals surface area contributed by atoms with Crippen LogP contribution in [-0.2, 0) is 24.4 Å². The third-order valence-corrected chi connectivity index (χ3v) is 10.3. The maximum Gasteiger partial charge on any atom is 0.414 e. The Bertz CT molecular complexity index is 1260. The molecular formula is C24H26N2O10. The lowest BCUT2D eigenvalue weighted by atomic mass is 9.35. The summed E-state index contributed by atoms with van der Waals surface area (Å²) < 4.78 is 27.7. The van der Waals surface area contributed by atoms with Crippen molar-refractivity contribution in [1.29, 1.82) is 0 Å². The molecule has 0 unspecified atom stereocenters. The van der Waals surface area contributed by atoms with E-state index in [4.69, 9.17) is 23.7 Å². The first-order chi connectivity index (χ1) is 17.3. The van der Waals surface area contributed by atoms with Gasteiger partial charge in [0, 0.05) is 24.4 Å². The molecule has 5 heterocycles. The number of hydrogen-bond acceptors (Lipinski definition) is 11. The lowest BCUT2D eigenvalue weighted by Crippen LogP contribution is -2.94. The van der Waals surface area contributed by atoms with Gasteiger partial charge in [-0.05, 0) is 24.6 Å². The fourth-order valence-electron chi connectivity index (χ4n) is 9.43. The molecule has 0 aromatic heterocycles. The molecule has 1 aromatic carbocycles. The monoisotopic (exact) mass is 502 g/mol. The van der Waals surface area contributed by atoms with Crippen LogP contribution in [-0.4, -0.2) is 108 Å². The highest BCUT2D eigenvalue weighted by atomic mass is 16.7. The third-order valence-electron chi connectivity index (χ3n) is 10.3. The highest BCUT2D eigenvalue weighted by molar-refractivity contribution is 6.02. The molecule has 8 aliphatic rings. The predicted molar refractivity (Wildman–Crippen MR) is 117 cm³/mol. The summed E-state index contributed by atoms with van der Waals surface area (Å²) in [6.07, 6.45) is -4.38. The second-order valence-corrected chi connectivity index (χ2v) is 11.0. The number of nitrogens with zero attached hydrogens (tertiary/aromatic N) is 2. The summed E-state index contributed by atoms with van der Waals surface area (Å²) in [5.41, 5.74) is -5.92. The Hall–Kier alpha value is -2.64. The van der Waals surface area contributed by atoms with Crippen LogP contribution in [0.4, 0.5) is 10.5 Å². The van der Waals surface area contributed by atoms with Crippen LogP contribution in [0.1, 0.15) is 18.4 Å². The SMILES string of the molecule is COC(=O)N1c2c(ccc3c2OCO3)[C@@]23CCN4C[C@@H]5O[C@@H]5[C@@]5([C@@H](O)[C@@](O)(C(=O)OC)[C@@]12C[C@@H]5O)[C@H]43. The lowest BCUT2D eigenvalue weighted by molar-refractivity contribution is -0.308. The Morgan fingerprint density at radius 3 is 2.72 bits per heavy atom. The number of epoxide rings is 1. The van der Waals surface area contributed by atoms with Crippen LogP contribution in [0.2, 0.25) is 0 Å². The van der Waals surface area contributed by atoms with Gasteiger partial charge in [-0.15, -0.1) is 0 Å². The van der Waals surface area contributed by atoms with Crippen molar-refractivity contribution in [2.24, 2.45) is 5.41 Å². The smallest absolute Gasteiger partial charge is 0.414 e. The van der Waals surface area contributed by atoms with E-state index in [1.54, 1.807) is 6.07 Å². The summed E-state index contributed by atoms with van der Waals surface area (Å²) >= 11 is 0. The van der Waals surface area contributed by atoms with Gasteiger partial charge in [-0.25, -0.2) is 9.59 Å². The zero-order valence-corrected chi connectivity index (χ0v) is 19.7. The van der Waals surface area contributed by atoms with E-state index in [-0.39, 0.29) is 19.3 Å². The van der Waals surface area contributed by atoms with Crippen molar-refractivity contribution >= 4 is 17.7 Å². The average Bonchev–Trinajstić information content (AvgIpc) is 3.22. The minimum atomic E-state index is -2.61. The second kappa shape index (κ2) is 6.08. The van der Waals surface area contributed by atoms with E-state index in [9.17, 15) is 24.9 Å². The summed E-state index contributed by atoms with van der Waals surface area (Å²) in [4.78, 5) is 30.7. The molecule has 2 bridgehead atoms. The topological polar surface area (TPSA) is 151 Å². The molecule has 1 aromatic rings. The van der Waals surface area contributed by atoms with Gasteiger partial charge in [-0.1, -0.05) is 6.07 Å². The number of hydrogen-bond donors (Lipinski definition) is 3. The van der Waals surface area contributed by atoms with E-state index in [0.29, 0.717) is 42.3 Å². The van der Waals surface area contributed by atoms with Crippen molar-refractivity contribution in [3.8, 4) is 11.5 Å². The first kappa shape index (κ1) is 21.4. The van der Waals surface area contributed by atoms with Crippen molar-refractivity contribution in [3.63, 3.8) is 0 Å². The van der Waals surface area contributed by atoms with Crippen molar-refractivity contribution in [1.82, 2.24) is 4.90 Å². The van der Waals surface area contributed by atoms with Gasteiger partial charge in [-0.3, -0.25) is 9.80 Å². The molecule has 3 spiro atoms. The summed E-state index contributed by atoms with van der Waals surface area (Å²) in [5, 5.41) is 36.5. The number of carbonyl (C=O) groups is 2. The number of amides is 1. The highest BCUT2D eigenvalue weighted by Crippen LogP contribution is 2.79. The van der Waals surface area contributed by atoms with Gasteiger partial charge in [0.25, 0.3) is 0 Å². The average molecular weight is 502 g/mol. The van der Waals surface area contributed by atoms with Crippen LogP contribution in [0.15, 0.2) is 12.1 Å². The molecule has 3 saturated carbocycles. The summed E-state index contributed by atoms with van der Waals surface area (Å²) in [5.74, 6) is -0.388. The molecule has 12 nitrogen and oxygen atoms in total. The molecule has 9 atom stereocenters. The number of ether oxygens (including phenoxy) is 5. The van der Waals surface area contributed by atoms with Crippen LogP contribution in [0.25, 0.3) is 0 Å². The molecule has 9 rings (SSSR count). The van der Waals surface area contributed by atoms with Gasteiger partial charge in [0.15, 0.2) is 11.5 Å². The van der Waals surface area contributed by atoms with E-state index in [1.165, 1.54) is 12.0 Å². The quantitative estimate of drug-likeness (QED) is 0.316. The van der Waals surface area contributed by atoms with Crippen LogP contribution in [0.5, 0.6) is 11.5 Å². The largest absolute Gasteiger partial charge is 0.467 e. The summed E-state index contributed by atoms with van der Waals surface area (Å²) in [7, 11) is 2.33. The number of rotatable bonds is 1. The van der Waals surface area contributed by atoms with Crippen LogP contribution in [0, 0.1) is 5.41 Å². The zero-order valence-electron chi connectivity index (χ0n) is 19.7. The van der Waals surface area contributed by atoms with E-state index in [1.807, 2.05) is 6.07 Å². The van der Waals surface area contributed by atoms with Gasteiger partial charge >= 0.3 is 12.1 Å². The van der Waals surface area contributed by atoms with Crippen LogP contribution < -0.4 is 14.4 Å². The Morgan fingerprint density at radius 1 is 1.17 bits per heavy atom. The standard InChI is InChI=1S/C24H26N2O10/c1-32-19(29)24(31)18(28)23-13(27)7-22(24)21(5-6-25(17(21)23)8-12-16(23)36-12)10-3-4-11-15(35-9-34-11)14(10)26(22)20(30)33-2/h3-4,12-13,16-18,27-28,31H,5-9H2,1-2H3/t12-,13-,16-,17+,18+,21+,22-,23+,24+/m0/s1. The minimum absolute atomic E-state index is 0.0651. The van der Waals surface area contributed by atoms with Gasteiger partial charge in [0.2, 0.25) is 12.4 Å². The summed E-state index contributed by atoms with van der Waals surface area (Å²) in [6, 6.07) is 3.05. The molecule has 6 fully saturated rings. The molecule has 12 heteroatoms. The Labute approximate surface area is 205 Å². The van der Waals surface area contributed by atoms with E-state index >= 15 is 0 Å².